The Morgan fingerprint density at radius 1 is 1.37 bits per heavy atom. The van der Waals surface area contributed by atoms with Crippen LogP contribution in [0.15, 0.2) is 4.99 Å². The van der Waals surface area contributed by atoms with Crippen molar-refractivity contribution in [1.29, 1.82) is 0 Å². The topological polar surface area (TPSA) is 59.6 Å². The molecule has 1 saturated carbocycles. The van der Waals surface area contributed by atoms with Crippen molar-refractivity contribution in [2.45, 2.75) is 58.5 Å². The fraction of sp³-hybridized carbons (Fsp3) is 0.929. The molecule has 0 aliphatic heterocycles. The van der Waals surface area contributed by atoms with E-state index in [2.05, 4.69) is 24.2 Å². The first-order valence-corrected chi connectivity index (χ1v) is 7.43. The molecule has 0 aromatic heterocycles. The first-order valence-electron chi connectivity index (χ1n) is 7.43. The first-order chi connectivity index (χ1) is 8.77. The van der Waals surface area contributed by atoms with E-state index in [1.54, 1.807) is 0 Å². The molecule has 1 unspecified atom stereocenters. The fourth-order valence-electron chi connectivity index (χ4n) is 2.63. The highest BCUT2D eigenvalue weighted by Crippen LogP contribution is 2.30. The largest absolute Gasteiger partial charge is 0.378 e. The Hall–Kier alpha value is -0.0400. The van der Waals surface area contributed by atoms with E-state index in [0.29, 0.717) is 12.1 Å². The zero-order chi connectivity index (χ0) is 13.2. The molecule has 1 aliphatic carbocycles. The van der Waals surface area contributed by atoms with Crippen molar-refractivity contribution in [3.8, 4) is 0 Å². The molecule has 0 radical (unpaired) electrons. The van der Waals surface area contributed by atoms with Gasteiger partial charge in [0.15, 0.2) is 5.96 Å². The van der Waals surface area contributed by atoms with E-state index in [-0.39, 0.29) is 24.0 Å². The van der Waals surface area contributed by atoms with Crippen LogP contribution < -0.4 is 11.1 Å². The van der Waals surface area contributed by atoms with Gasteiger partial charge in [-0.3, -0.25) is 4.99 Å². The molecule has 1 fully saturated rings. The summed E-state index contributed by atoms with van der Waals surface area (Å²) in [5.41, 5.74) is 5.77. The minimum absolute atomic E-state index is 0. The van der Waals surface area contributed by atoms with Gasteiger partial charge in [-0.2, -0.15) is 0 Å². The van der Waals surface area contributed by atoms with Crippen molar-refractivity contribution in [2.24, 2.45) is 16.6 Å². The summed E-state index contributed by atoms with van der Waals surface area (Å²) in [6.07, 6.45) is 7.83. The Morgan fingerprint density at radius 2 is 2.05 bits per heavy atom. The van der Waals surface area contributed by atoms with E-state index in [1.807, 2.05) is 0 Å². The molecule has 5 heteroatoms. The van der Waals surface area contributed by atoms with Crippen molar-refractivity contribution < 1.29 is 4.74 Å². The smallest absolute Gasteiger partial charge is 0.188 e. The number of aliphatic imine (C=N–C) groups is 1. The molecule has 0 saturated heterocycles. The van der Waals surface area contributed by atoms with Gasteiger partial charge in [0.1, 0.15) is 0 Å². The van der Waals surface area contributed by atoms with Gasteiger partial charge in [0.05, 0.1) is 6.10 Å². The molecular formula is C14H30IN3O. The molecule has 0 amide bonds. The average Bonchev–Trinajstić information content (AvgIpc) is 2.89. The van der Waals surface area contributed by atoms with Crippen LogP contribution in [-0.2, 0) is 4.74 Å². The van der Waals surface area contributed by atoms with Crippen LogP contribution in [0.25, 0.3) is 0 Å². The lowest BCUT2D eigenvalue weighted by atomic mass is 9.98. The summed E-state index contributed by atoms with van der Waals surface area (Å²) in [7, 11) is 0. The van der Waals surface area contributed by atoms with Gasteiger partial charge in [0.2, 0.25) is 0 Å². The maximum absolute atomic E-state index is 5.87. The van der Waals surface area contributed by atoms with E-state index in [0.717, 1.165) is 38.5 Å². The predicted molar refractivity (Wildman–Crippen MR) is 92.2 cm³/mol. The maximum atomic E-state index is 5.87. The van der Waals surface area contributed by atoms with E-state index in [4.69, 9.17) is 10.5 Å². The van der Waals surface area contributed by atoms with Crippen molar-refractivity contribution in [1.82, 2.24) is 5.32 Å². The molecule has 19 heavy (non-hydrogen) atoms. The Bertz CT molecular complexity index is 243. The maximum Gasteiger partial charge on any atom is 0.188 e. The minimum atomic E-state index is 0. The van der Waals surface area contributed by atoms with Gasteiger partial charge in [0, 0.05) is 19.7 Å². The predicted octanol–water partition coefficient (Wildman–Crippen LogP) is 2.90. The van der Waals surface area contributed by atoms with Gasteiger partial charge < -0.3 is 15.8 Å². The summed E-state index contributed by atoms with van der Waals surface area (Å²) in [6, 6.07) is 0. The summed E-state index contributed by atoms with van der Waals surface area (Å²) in [5.74, 6) is 1.32. The Kier molecular flexibility index (Phi) is 11.7. The van der Waals surface area contributed by atoms with Crippen LogP contribution in [0.3, 0.4) is 0 Å². The zero-order valence-corrected chi connectivity index (χ0v) is 14.7. The Labute approximate surface area is 135 Å². The highest BCUT2D eigenvalue weighted by atomic mass is 127. The van der Waals surface area contributed by atoms with Gasteiger partial charge >= 0.3 is 0 Å². The van der Waals surface area contributed by atoms with Crippen LogP contribution in [-0.4, -0.2) is 31.8 Å². The molecule has 1 aliphatic rings. The molecule has 4 nitrogen and oxygen atoms in total. The molecule has 1 atom stereocenters. The van der Waals surface area contributed by atoms with Crippen LogP contribution in [0.1, 0.15) is 52.4 Å². The van der Waals surface area contributed by atoms with E-state index < -0.39 is 0 Å². The molecule has 0 aromatic rings. The highest BCUT2D eigenvalue weighted by Gasteiger charge is 2.24. The molecule has 1 rings (SSSR count). The second-order valence-electron chi connectivity index (χ2n) is 5.02. The number of guanidine groups is 1. The normalized spacial score (nSPS) is 18.1. The molecular weight excluding hydrogens is 353 g/mol. The minimum Gasteiger partial charge on any atom is -0.378 e. The summed E-state index contributed by atoms with van der Waals surface area (Å²) < 4.78 is 5.87. The number of nitrogens with one attached hydrogen (secondary N) is 1. The lowest BCUT2D eigenvalue weighted by Crippen LogP contribution is -2.35. The molecule has 3 N–H and O–H groups in total. The standard InChI is InChI=1S/C14H29N3O.HI/c1-3-10-16-14(15)17-11-9-13(18-4-2)12-7-5-6-8-12;/h12-13H,3-11H2,1-2H3,(H3,15,16,17);1H. The molecule has 0 heterocycles. The molecule has 114 valence electrons. The zero-order valence-electron chi connectivity index (χ0n) is 12.4. The summed E-state index contributed by atoms with van der Waals surface area (Å²) in [6.45, 7) is 6.64. The van der Waals surface area contributed by atoms with Gasteiger partial charge in [-0.1, -0.05) is 19.8 Å². The van der Waals surface area contributed by atoms with Crippen molar-refractivity contribution in [3.63, 3.8) is 0 Å². The number of nitrogens with two attached hydrogens (primary N) is 1. The highest BCUT2D eigenvalue weighted by molar-refractivity contribution is 14.0. The summed E-state index contributed by atoms with van der Waals surface area (Å²) >= 11 is 0. The van der Waals surface area contributed by atoms with Crippen LogP contribution in [0.5, 0.6) is 0 Å². The number of ether oxygens (including phenoxy) is 1. The number of hydrogen-bond donors (Lipinski definition) is 2. The van der Waals surface area contributed by atoms with Crippen molar-refractivity contribution in [3.05, 3.63) is 0 Å². The third-order valence-corrected chi connectivity index (χ3v) is 3.55. The van der Waals surface area contributed by atoms with Crippen LogP contribution >= 0.6 is 24.0 Å². The van der Waals surface area contributed by atoms with Gasteiger partial charge in [0.25, 0.3) is 0 Å². The third kappa shape index (κ3) is 7.97. The third-order valence-electron chi connectivity index (χ3n) is 3.55. The monoisotopic (exact) mass is 383 g/mol. The van der Waals surface area contributed by atoms with Crippen molar-refractivity contribution >= 4 is 29.9 Å². The Morgan fingerprint density at radius 3 is 2.63 bits per heavy atom. The van der Waals surface area contributed by atoms with Crippen molar-refractivity contribution in [2.75, 3.05) is 19.7 Å². The quantitative estimate of drug-likeness (QED) is 0.385. The average molecular weight is 383 g/mol. The molecule has 0 aromatic carbocycles. The Balaban J connectivity index is 0.00000324. The van der Waals surface area contributed by atoms with E-state index >= 15 is 0 Å². The number of rotatable bonds is 8. The lowest BCUT2D eigenvalue weighted by molar-refractivity contribution is 0.0170. The number of hydrogen-bond acceptors (Lipinski definition) is 2. The lowest BCUT2D eigenvalue weighted by Gasteiger charge is -2.23. The second kappa shape index (κ2) is 11.8. The van der Waals surface area contributed by atoms with Crippen LogP contribution in [0.2, 0.25) is 0 Å². The van der Waals surface area contributed by atoms with Gasteiger partial charge in [-0.25, -0.2) is 0 Å². The number of nitrogens with zero attached hydrogens (tertiary/aromatic N) is 1. The van der Waals surface area contributed by atoms with Crippen LogP contribution in [0, 0.1) is 5.92 Å². The summed E-state index contributed by atoms with van der Waals surface area (Å²) in [5, 5.41) is 3.18. The molecule has 0 bridgehead atoms. The van der Waals surface area contributed by atoms with Crippen LogP contribution in [0.4, 0.5) is 0 Å². The second-order valence-corrected chi connectivity index (χ2v) is 5.02. The molecule has 0 spiro atoms. The van der Waals surface area contributed by atoms with E-state index in [1.165, 1.54) is 25.7 Å². The number of halogens is 1. The van der Waals surface area contributed by atoms with Gasteiger partial charge in [-0.15, -0.1) is 24.0 Å². The SMILES string of the molecule is CCCN=C(N)NCCC(OCC)C1CCCC1.I. The first kappa shape index (κ1) is 19.0. The van der Waals surface area contributed by atoms with Gasteiger partial charge in [-0.05, 0) is 38.5 Å². The van der Waals surface area contributed by atoms with E-state index in [9.17, 15) is 0 Å². The fourth-order valence-corrected chi connectivity index (χ4v) is 2.63. The summed E-state index contributed by atoms with van der Waals surface area (Å²) in [4.78, 5) is 4.23.